The van der Waals surface area contributed by atoms with Gasteiger partial charge in [0.05, 0.1) is 23.7 Å². The zero-order valence-electron chi connectivity index (χ0n) is 10.4. The van der Waals surface area contributed by atoms with Gasteiger partial charge in [0.2, 0.25) is 0 Å². The Bertz CT molecular complexity index is 500. The first-order valence-electron chi connectivity index (χ1n) is 6.22. The smallest absolute Gasteiger partial charge is 0.176 e. The summed E-state index contributed by atoms with van der Waals surface area (Å²) in [5.41, 5.74) is 0.663. The maximum absolute atomic E-state index is 12.5. The molecule has 2 aliphatic heterocycles. The summed E-state index contributed by atoms with van der Waals surface area (Å²) in [5.74, 6) is 0.663. The number of hydrogen-bond acceptors (Lipinski definition) is 3. The number of carbonyl (C=O) groups is 1. The van der Waals surface area contributed by atoms with E-state index in [0.29, 0.717) is 11.3 Å². The number of rotatable bonds is 0. The van der Waals surface area contributed by atoms with E-state index in [2.05, 4.69) is 15.9 Å². The predicted octanol–water partition coefficient (Wildman–Crippen LogP) is 3.21. The third kappa shape index (κ3) is 1.88. The highest BCUT2D eigenvalue weighted by atomic mass is 79.9. The monoisotopic (exact) mass is 310 g/mol. The van der Waals surface area contributed by atoms with E-state index in [-0.39, 0.29) is 30.0 Å². The van der Waals surface area contributed by atoms with E-state index < -0.39 is 0 Å². The summed E-state index contributed by atoms with van der Waals surface area (Å²) in [6, 6.07) is 5.59. The number of ketones is 1. The summed E-state index contributed by atoms with van der Waals surface area (Å²) in [4.78, 5) is 12.5. The van der Waals surface area contributed by atoms with Gasteiger partial charge in [-0.2, -0.15) is 0 Å². The Labute approximate surface area is 115 Å². The minimum Gasteiger partial charge on any atom is -0.489 e. The van der Waals surface area contributed by atoms with Crippen LogP contribution >= 0.6 is 15.9 Å². The van der Waals surface area contributed by atoms with Crippen LogP contribution in [0.1, 0.15) is 30.6 Å². The first kappa shape index (κ1) is 12.2. The molecular formula is C14H15BrO3. The second-order valence-corrected chi connectivity index (χ2v) is 5.99. The number of halogens is 1. The van der Waals surface area contributed by atoms with Gasteiger partial charge in [-0.25, -0.2) is 0 Å². The molecular weight excluding hydrogens is 296 g/mol. The summed E-state index contributed by atoms with van der Waals surface area (Å²) in [7, 11) is 0. The van der Waals surface area contributed by atoms with Gasteiger partial charge in [0.15, 0.2) is 5.78 Å². The second-order valence-electron chi connectivity index (χ2n) is 5.07. The number of fused-ring (bicyclic) bond motifs is 2. The predicted molar refractivity (Wildman–Crippen MR) is 71.0 cm³/mol. The van der Waals surface area contributed by atoms with Crippen molar-refractivity contribution in [3.8, 4) is 5.75 Å². The number of hydrogen-bond donors (Lipinski definition) is 0. The lowest BCUT2D eigenvalue weighted by molar-refractivity contribution is -0.104. The van der Waals surface area contributed by atoms with Crippen LogP contribution < -0.4 is 4.74 Å². The first-order valence-corrected chi connectivity index (χ1v) is 7.01. The van der Waals surface area contributed by atoms with Crippen molar-refractivity contribution in [3.63, 3.8) is 0 Å². The van der Waals surface area contributed by atoms with E-state index in [0.717, 1.165) is 10.9 Å². The van der Waals surface area contributed by atoms with Crippen LogP contribution in [0.4, 0.5) is 0 Å². The summed E-state index contributed by atoms with van der Waals surface area (Å²) < 4.78 is 12.6. The minimum atomic E-state index is -0.178. The summed E-state index contributed by atoms with van der Waals surface area (Å²) in [6.07, 6.45) is 0.783. The largest absolute Gasteiger partial charge is 0.489 e. The average Bonchev–Trinajstić information content (AvgIpc) is 2.29. The molecule has 2 aliphatic rings. The third-order valence-corrected chi connectivity index (χ3v) is 4.20. The zero-order chi connectivity index (χ0) is 12.9. The van der Waals surface area contributed by atoms with E-state index in [4.69, 9.17) is 9.47 Å². The van der Waals surface area contributed by atoms with Gasteiger partial charge in [-0.1, -0.05) is 15.9 Å². The Hall–Kier alpha value is -0.870. The van der Waals surface area contributed by atoms with Crippen LogP contribution in [0.15, 0.2) is 22.7 Å². The maximum Gasteiger partial charge on any atom is 0.176 e. The van der Waals surface area contributed by atoms with Crippen LogP contribution in [-0.4, -0.2) is 24.1 Å². The van der Waals surface area contributed by atoms with Gasteiger partial charge in [-0.3, -0.25) is 4.79 Å². The molecule has 4 heteroatoms. The Balaban J connectivity index is 2.02. The summed E-state index contributed by atoms with van der Waals surface area (Å²) in [5, 5.41) is 0. The van der Waals surface area contributed by atoms with Gasteiger partial charge in [-0.15, -0.1) is 0 Å². The van der Waals surface area contributed by atoms with Crippen LogP contribution in [0.5, 0.6) is 5.75 Å². The van der Waals surface area contributed by atoms with Crippen LogP contribution in [-0.2, 0) is 4.74 Å². The van der Waals surface area contributed by atoms with E-state index in [1.807, 2.05) is 32.0 Å². The Kier molecular flexibility index (Phi) is 2.94. The van der Waals surface area contributed by atoms with Gasteiger partial charge in [-0.05, 0) is 32.0 Å². The molecule has 0 amide bonds. The highest BCUT2D eigenvalue weighted by Gasteiger charge is 2.45. The van der Waals surface area contributed by atoms with E-state index in [1.54, 1.807) is 0 Å². The van der Waals surface area contributed by atoms with Crippen molar-refractivity contribution in [3.05, 3.63) is 28.2 Å². The molecule has 1 aromatic carbocycles. The molecule has 3 nitrogen and oxygen atoms in total. The molecule has 0 bridgehead atoms. The van der Waals surface area contributed by atoms with E-state index >= 15 is 0 Å². The Morgan fingerprint density at radius 2 is 2.11 bits per heavy atom. The molecule has 0 saturated carbocycles. The standard InChI is InChI=1S/C14H15BrO3/c1-7-5-12-13(8(2)17-7)14(16)10-6-9(15)3-4-11(10)18-12/h3-4,6-8,12-13H,5H2,1-2H3/t7-,8+,12?,13+/m1/s1. The summed E-state index contributed by atoms with van der Waals surface area (Å²) in [6.45, 7) is 3.98. The van der Waals surface area contributed by atoms with E-state index in [1.165, 1.54) is 0 Å². The minimum absolute atomic E-state index is 0.0510. The molecule has 0 radical (unpaired) electrons. The third-order valence-electron chi connectivity index (χ3n) is 3.71. The highest BCUT2D eigenvalue weighted by Crippen LogP contribution is 2.39. The first-order chi connectivity index (χ1) is 8.56. The van der Waals surface area contributed by atoms with Crippen molar-refractivity contribution in [1.29, 1.82) is 0 Å². The number of carbonyl (C=O) groups excluding carboxylic acids is 1. The van der Waals surface area contributed by atoms with Crippen LogP contribution in [0.25, 0.3) is 0 Å². The topological polar surface area (TPSA) is 35.5 Å². The Morgan fingerprint density at radius 3 is 2.89 bits per heavy atom. The van der Waals surface area contributed by atoms with Gasteiger partial charge in [0.25, 0.3) is 0 Å². The average molecular weight is 311 g/mol. The highest BCUT2D eigenvalue weighted by molar-refractivity contribution is 9.10. The van der Waals surface area contributed by atoms with Gasteiger partial charge in [0, 0.05) is 10.9 Å². The lowest BCUT2D eigenvalue weighted by Gasteiger charge is -2.41. The normalized spacial score (nSPS) is 34.5. The fraction of sp³-hybridized carbons (Fsp3) is 0.500. The number of Topliss-reactive ketones (excluding diaryl/α,β-unsaturated/α-hetero) is 1. The molecule has 18 heavy (non-hydrogen) atoms. The fourth-order valence-corrected chi connectivity index (χ4v) is 3.29. The molecule has 0 aliphatic carbocycles. The summed E-state index contributed by atoms with van der Waals surface area (Å²) >= 11 is 3.39. The van der Waals surface area contributed by atoms with E-state index in [9.17, 15) is 4.79 Å². The van der Waals surface area contributed by atoms with Crippen molar-refractivity contribution < 1.29 is 14.3 Å². The molecule has 1 aromatic rings. The van der Waals surface area contributed by atoms with Crippen LogP contribution in [0, 0.1) is 5.92 Å². The number of ether oxygens (including phenoxy) is 2. The Morgan fingerprint density at radius 1 is 1.33 bits per heavy atom. The molecule has 96 valence electrons. The molecule has 1 unspecified atom stereocenters. The molecule has 0 spiro atoms. The number of benzene rings is 1. The molecule has 2 heterocycles. The van der Waals surface area contributed by atoms with Gasteiger partial charge < -0.3 is 9.47 Å². The van der Waals surface area contributed by atoms with Gasteiger partial charge >= 0.3 is 0 Å². The molecule has 1 saturated heterocycles. The molecule has 1 fully saturated rings. The van der Waals surface area contributed by atoms with Crippen molar-refractivity contribution >= 4 is 21.7 Å². The lowest BCUT2D eigenvalue weighted by atomic mass is 9.81. The maximum atomic E-state index is 12.5. The van der Waals surface area contributed by atoms with Crippen LogP contribution in [0.3, 0.4) is 0 Å². The molecule has 3 rings (SSSR count). The lowest BCUT2D eigenvalue weighted by Crippen LogP contribution is -2.50. The van der Waals surface area contributed by atoms with Crippen molar-refractivity contribution in [2.75, 3.05) is 0 Å². The van der Waals surface area contributed by atoms with Crippen LogP contribution in [0.2, 0.25) is 0 Å². The molecule has 0 aromatic heterocycles. The molecule has 0 N–H and O–H groups in total. The van der Waals surface area contributed by atoms with Crippen molar-refractivity contribution in [2.45, 2.75) is 38.6 Å². The zero-order valence-corrected chi connectivity index (χ0v) is 11.9. The van der Waals surface area contributed by atoms with Crippen molar-refractivity contribution in [1.82, 2.24) is 0 Å². The quantitative estimate of drug-likeness (QED) is 0.738. The second kappa shape index (κ2) is 4.35. The SMILES string of the molecule is C[C@@H]1CC2Oc3ccc(Br)cc3C(=O)[C@H]2[C@H](C)O1. The fourth-order valence-electron chi connectivity index (χ4n) is 2.93. The molecule has 4 atom stereocenters. The van der Waals surface area contributed by atoms with Crippen molar-refractivity contribution in [2.24, 2.45) is 5.92 Å². The van der Waals surface area contributed by atoms with Gasteiger partial charge in [0.1, 0.15) is 11.9 Å².